The van der Waals surface area contributed by atoms with Crippen molar-refractivity contribution >= 4 is 17.0 Å². The molecule has 2 rings (SSSR count). The van der Waals surface area contributed by atoms with Crippen LogP contribution in [0.1, 0.15) is 18.2 Å². The van der Waals surface area contributed by atoms with Crippen molar-refractivity contribution in [3.8, 4) is 0 Å². The van der Waals surface area contributed by atoms with Crippen molar-refractivity contribution in [3.05, 3.63) is 41.7 Å². The first-order valence-electron chi connectivity index (χ1n) is 4.43. The average molecular weight is 172 g/mol. The van der Waals surface area contributed by atoms with Crippen molar-refractivity contribution in [2.45, 2.75) is 13.8 Å². The van der Waals surface area contributed by atoms with E-state index in [1.807, 2.05) is 38.1 Å². The lowest BCUT2D eigenvalue weighted by atomic mass is 10.1. The monoisotopic (exact) mass is 172 g/mol. The summed E-state index contributed by atoms with van der Waals surface area (Å²) in [7, 11) is 0. The van der Waals surface area contributed by atoms with Crippen LogP contribution >= 0.6 is 0 Å². The molecule has 0 fully saturated rings. The molecule has 0 aliphatic carbocycles. The molecule has 0 aliphatic rings. The van der Waals surface area contributed by atoms with Crippen molar-refractivity contribution < 1.29 is 4.42 Å². The number of benzene rings is 1. The molecular weight excluding hydrogens is 160 g/mol. The van der Waals surface area contributed by atoms with E-state index in [1.54, 1.807) is 0 Å². The maximum absolute atomic E-state index is 5.60. The summed E-state index contributed by atoms with van der Waals surface area (Å²) in [6.07, 6.45) is 4.12. The van der Waals surface area contributed by atoms with Gasteiger partial charge in [0, 0.05) is 10.9 Å². The second kappa shape index (κ2) is 3.09. The van der Waals surface area contributed by atoms with Gasteiger partial charge in [-0.3, -0.25) is 0 Å². The molecule has 0 saturated carbocycles. The molecule has 1 aromatic carbocycles. The van der Waals surface area contributed by atoms with E-state index in [4.69, 9.17) is 4.42 Å². The molecule has 0 atom stereocenters. The standard InChI is InChI=1S/C12H12O/c1-3-6-10-9(2)13-12-8-5-4-7-11(10)12/h3-8H,1-2H3/b6-3-. The van der Waals surface area contributed by atoms with Gasteiger partial charge in [0.25, 0.3) is 0 Å². The van der Waals surface area contributed by atoms with Crippen LogP contribution in [0.3, 0.4) is 0 Å². The normalized spacial score (nSPS) is 11.5. The third-order valence-corrected chi connectivity index (χ3v) is 2.15. The van der Waals surface area contributed by atoms with Gasteiger partial charge in [0.05, 0.1) is 0 Å². The minimum absolute atomic E-state index is 0.966. The number of hydrogen-bond acceptors (Lipinski definition) is 1. The van der Waals surface area contributed by atoms with Crippen LogP contribution in [0.2, 0.25) is 0 Å². The molecule has 1 aromatic heterocycles. The van der Waals surface area contributed by atoms with Gasteiger partial charge < -0.3 is 4.42 Å². The Morgan fingerprint density at radius 3 is 2.77 bits per heavy atom. The lowest BCUT2D eigenvalue weighted by Gasteiger charge is -1.88. The predicted octanol–water partition coefficient (Wildman–Crippen LogP) is 3.77. The van der Waals surface area contributed by atoms with Crippen LogP contribution < -0.4 is 0 Å². The Bertz CT molecular complexity index is 449. The Hall–Kier alpha value is -1.50. The molecule has 0 bridgehead atoms. The number of allylic oxidation sites excluding steroid dienone is 1. The SMILES string of the molecule is C/C=C\c1c(C)oc2ccccc12. The average Bonchev–Trinajstić information content (AvgIpc) is 2.44. The first-order chi connectivity index (χ1) is 6.33. The molecule has 1 heteroatoms. The molecule has 0 radical (unpaired) electrons. The van der Waals surface area contributed by atoms with Crippen LogP contribution in [0.25, 0.3) is 17.0 Å². The number of rotatable bonds is 1. The Labute approximate surface area is 77.7 Å². The Kier molecular flexibility index (Phi) is 1.93. The smallest absolute Gasteiger partial charge is 0.134 e. The van der Waals surface area contributed by atoms with E-state index in [0.29, 0.717) is 0 Å². The highest BCUT2D eigenvalue weighted by atomic mass is 16.3. The molecule has 0 amide bonds. The number of hydrogen-bond donors (Lipinski definition) is 0. The summed E-state index contributed by atoms with van der Waals surface area (Å²) in [5.41, 5.74) is 2.16. The molecule has 13 heavy (non-hydrogen) atoms. The Morgan fingerprint density at radius 1 is 1.23 bits per heavy atom. The molecule has 0 saturated heterocycles. The summed E-state index contributed by atoms with van der Waals surface area (Å²) in [5.74, 6) is 0.985. The van der Waals surface area contributed by atoms with E-state index in [1.165, 1.54) is 10.9 Å². The second-order valence-electron chi connectivity index (χ2n) is 3.07. The zero-order valence-electron chi connectivity index (χ0n) is 7.87. The van der Waals surface area contributed by atoms with Gasteiger partial charge in [-0.25, -0.2) is 0 Å². The maximum Gasteiger partial charge on any atom is 0.134 e. The lowest BCUT2D eigenvalue weighted by Crippen LogP contribution is -1.70. The van der Waals surface area contributed by atoms with Crippen molar-refractivity contribution in [3.63, 3.8) is 0 Å². The third-order valence-electron chi connectivity index (χ3n) is 2.15. The zero-order chi connectivity index (χ0) is 9.26. The first kappa shape index (κ1) is 8.11. The van der Waals surface area contributed by atoms with Crippen LogP contribution in [0.4, 0.5) is 0 Å². The van der Waals surface area contributed by atoms with E-state index < -0.39 is 0 Å². The molecule has 66 valence electrons. The fourth-order valence-electron chi connectivity index (χ4n) is 1.56. The van der Waals surface area contributed by atoms with Crippen LogP contribution in [0, 0.1) is 6.92 Å². The predicted molar refractivity (Wildman–Crippen MR) is 55.7 cm³/mol. The van der Waals surface area contributed by atoms with Crippen LogP contribution in [-0.4, -0.2) is 0 Å². The molecule has 1 nitrogen and oxygen atoms in total. The first-order valence-corrected chi connectivity index (χ1v) is 4.43. The molecule has 0 unspecified atom stereocenters. The highest BCUT2D eigenvalue weighted by Gasteiger charge is 2.05. The van der Waals surface area contributed by atoms with Crippen molar-refractivity contribution in [2.75, 3.05) is 0 Å². The quantitative estimate of drug-likeness (QED) is 0.638. The lowest BCUT2D eigenvalue weighted by molar-refractivity contribution is 0.577. The fourth-order valence-corrected chi connectivity index (χ4v) is 1.56. The van der Waals surface area contributed by atoms with Gasteiger partial charge in [-0.05, 0) is 19.9 Å². The molecule has 2 aromatic rings. The highest BCUT2D eigenvalue weighted by molar-refractivity contribution is 5.88. The van der Waals surface area contributed by atoms with E-state index in [9.17, 15) is 0 Å². The second-order valence-corrected chi connectivity index (χ2v) is 3.07. The van der Waals surface area contributed by atoms with Gasteiger partial charge >= 0.3 is 0 Å². The topological polar surface area (TPSA) is 13.1 Å². The molecule has 0 aliphatic heterocycles. The van der Waals surface area contributed by atoms with Crippen LogP contribution in [-0.2, 0) is 0 Å². The molecular formula is C12H12O. The minimum atomic E-state index is 0.966. The van der Waals surface area contributed by atoms with Gasteiger partial charge in [0.2, 0.25) is 0 Å². The summed E-state index contributed by atoms with van der Waals surface area (Å²) in [6, 6.07) is 8.10. The summed E-state index contributed by atoms with van der Waals surface area (Å²) in [4.78, 5) is 0. The van der Waals surface area contributed by atoms with Gasteiger partial charge in [-0.2, -0.15) is 0 Å². The van der Waals surface area contributed by atoms with Crippen molar-refractivity contribution in [1.82, 2.24) is 0 Å². The summed E-state index contributed by atoms with van der Waals surface area (Å²) < 4.78 is 5.60. The van der Waals surface area contributed by atoms with Crippen LogP contribution in [0.15, 0.2) is 34.8 Å². The van der Waals surface area contributed by atoms with E-state index >= 15 is 0 Å². The highest BCUT2D eigenvalue weighted by Crippen LogP contribution is 2.25. The zero-order valence-corrected chi connectivity index (χ0v) is 7.87. The molecule has 0 N–H and O–H groups in total. The number of furan rings is 1. The maximum atomic E-state index is 5.60. The van der Waals surface area contributed by atoms with Gasteiger partial charge in [0.15, 0.2) is 0 Å². The van der Waals surface area contributed by atoms with Gasteiger partial charge in [-0.1, -0.05) is 30.4 Å². The summed E-state index contributed by atoms with van der Waals surface area (Å²) in [6.45, 7) is 4.01. The number of aryl methyl sites for hydroxylation is 1. The van der Waals surface area contributed by atoms with Gasteiger partial charge in [0.1, 0.15) is 11.3 Å². The van der Waals surface area contributed by atoms with Crippen molar-refractivity contribution in [1.29, 1.82) is 0 Å². The van der Waals surface area contributed by atoms with Crippen LogP contribution in [0.5, 0.6) is 0 Å². The largest absolute Gasteiger partial charge is 0.461 e. The Balaban J connectivity index is 2.78. The summed E-state index contributed by atoms with van der Waals surface area (Å²) in [5, 5.41) is 1.19. The number of para-hydroxylation sites is 1. The van der Waals surface area contributed by atoms with E-state index in [2.05, 4.69) is 12.1 Å². The van der Waals surface area contributed by atoms with Crippen molar-refractivity contribution in [2.24, 2.45) is 0 Å². The third kappa shape index (κ3) is 1.26. The molecule has 0 spiro atoms. The van der Waals surface area contributed by atoms with E-state index in [-0.39, 0.29) is 0 Å². The number of fused-ring (bicyclic) bond motifs is 1. The van der Waals surface area contributed by atoms with E-state index in [0.717, 1.165) is 11.3 Å². The van der Waals surface area contributed by atoms with Gasteiger partial charge in [-0.15, -0.1) is 0 Å². The summed E-state index contributed by atoms with van der Waals surface area (Å²) >= 11 is 0. The Morgan fingerprint density at radius 2 is 2.00 bits per heavy atom. The molecule has 1 heterocycles. The minimum Gasteiger partial charge on any atom is -0.461 e. The fraction of sp³-hybridized carbons (Fsp3) is 0.167.